The molecule has 25 heavy (non-hydrogen) atoms. The van der Waals surface area contributed by atoms with E-state index in [4.69, 9.17) is 6.58 Å². The Morgan fingerprint density at radius 1 is 0.480 bits per heavy atom. The van der Waals surface area contributed by atoms with E-state index in [1.165, 1.54) is 116 Å². The molecule has 0 aromatic carbocycles. The second-order valence-corrected chi connectivity index (χ2v) is 7.45. The van der Waals surface area contributed by atoms with Gasteiger partial charge in [-0.25, -0.2) is 0 Å². The molecule has 0 heterocycles. The van der Waals surface area contributed by atoms with Crippen molar-refractivity contribution in [1.29, 1.82) is 0 Å². The van der Waals surface area contributed by atoms with Crippen LogP contribution in [0.4, 0.5) is 0 Å². The number of hydrogen-bond acceptors (Lipinski definition) is 0. The SMILES string of the molecule is [CH]=C/C=C/C=C/CCCCCCCCCCCCCCCCCCC. The summed E-state index contributed by atoms with van der Waals surface area (Å²) in [7, 11) is 0. The van der Waals surface area contributed by atoms with Crippen LogP contribution < -0.4 is 0 Å². The molecule has 0 aliphatic rings. The highest BCUT2D eigenvalue weighted by Crippen LogP contribution is 2.14. The molecule has 0 saturated carbocycles. The zero-order chi connectivity index (χ0) is 18.3. The van der Waals surface area contributed by atoms with Crippen molar-refractivity contribution in [2.75, 3.05) is 0 Å². The smallest absolute Gasteiger partial charge is 0.0348 e. The van der Waals surface area contributed by atoms with E-state index in [1.54, 1.807) is 6.08 Å². The average Bonchev–Trinajstić information content (AvgIpc) is 2.63. The van der Waals surface area contributed by atoms with Gasteiger partial charge in [0.15, 0.2) is 0 Å². The molecule has 0 atom stereocenters. The normalized spacial score (nSPS) is 11.7. The standard InChI is InChI=1S/C25H45/c1-3-5-7-9-11-13-15-17-19-21-23-25-24-22-20-18-16-14-12-10-8-6-4-2/h1,3,5,7,9,11H,4,6,8,10,12-25H2,2H3/b3-1?,7-5+,11-9+. The lowest BCUT2D eigenvalue weighted by atomic mass is 10.0. The van der Waals surface area contributed by atoms with Crippen molar-refractivity contribution in [1.82, 2.24) is 0 Å². The van der Waals surface area contributed by atoms with Gasteiger partial charge in [0.2, 0.25) is 0 Å². The Balaban J connectivity index is 3.04. The van der Waals surface area contributed by atoms with Crippen molar-refractivity contribution in [2.45, 2.75) is 122 Å². The van der Waals surface area contributed by atoms with E-state index in [0.29, 0.717) is 0 Å². The van der Waals surface area contributed by atoms with Gasteiger partial charge in [0, 0.05) is 0 Å². The minimum Gasteiger partial charge on any atom is -0.0845 e. The summed E-state index contributed by atoms with van der Waals surface area (Å²) < 4.78 is 0. The maximum Gasteiger partial charge on any atom is -0.0348 e. The van der Waals surface area contributed by atoms with Crippen molar-refractivity contribution >= 4 is 0 Å². The quantitative estimate of drug-likeness (QED) is 0.152. The largest absolute Gasteiger partial charge is 0.0845 e. The molecule has 145 valence electrons. The Labute approximate surface area is 159 Å². The molecule has 0 amide bonds. The van der Waals surface area contributed by atoms with Gasteiger partial charge in [-0.05, 0) is 12.8 Å². The minimum absolute atomic E-state index is 1.20. The Bertz CT molecular complexity index is 297. The molecule has 0 rings (SSSR count). The highest BCUT2D eigenvalue weighted by Gasteiger charge is 1.94. The van der Waals surface area contributed by atoms with Crippen LogP contribution >= 0.6 is 0 Å². The first-order valence-corrected chi connectivity index (χ1v) is 11.3. The Morgan fingerprint density at radius 2 is 0.880 bits per heavy atom. The van der Waals surface area contributed by atoms with Crippen LogP contribution in [0.15, 0.2) is 30.4 Å². The number of hydrogen-bond donors (Lipinski definition) is 0. The van der Waals surface area contributed by atoms with Crippen LogP contribution in [0.1, 0.15) is 122 Å². The Hall–Kier alpha value is -0.780. The van der Waals surface area contributed by atoms with Crippen LogP contribution in [-0.4, -0.2) is 0 Å². The second kappa shape index (κ2) is 23.2. The summed E-state index contributed by atoms with van der Waals surface area (Å²) in [5.74, 6) is 0. The van der Waals surface area contributed by atoms with Crippen molar-refractivity contribution in [3.8, 4) is 0 Å². The van der Waals surface area contributed by atoms with Gasteiger partial charge >= 0.3 is 0 Å². The molecule has 0 heteroatoms. The fourth-order valence-corrected chi connectivity index (χ4v) is 3.29. The molecule has 0 unspecified atom stereocenters. The van der Waals surface area contributed by atoms with E-state index in [1.807, 2.05) is 12.2 Å². The molecule has 0 bridgehead atoms. The van der Waals surface area contributed by atoms with Gasteiger partial charge in [-0.15, -0.1) is 0 Å². The summed E-state index contributed by atoms with van der Waals surface area (Å²) in [5.41, 5.74) is 0. The van der Waals surface area contributed by atoms with Crippen LogP contribution in [-0.2, 0) is 0 Å². The zero-order valence-corrected chi connectivity index (χ0v) is 17.2. The number of allylic oxidation sites excluding steroid dienone is 5. The summed E-state index contributed by atoms with van der Waals surface area (Å²) in [4.78, 5) is 0. The minimum atomic E-state index is 1.20. The van der Waals surface area contributed by atoms with Crippen LogP contribution in [0.3, 0.4) is 0 Å². The zero-order valence-electron chi connectivity index (χ0n) is 17.2. The molecule has 0 fully saturated rings. The molecule has 0 aromatic heterocycles. The van der Waals surface area contributed by atoms with Crippen molar-refractivity contribution in [3.63, 3.8) is 0 Å². The first-order valence-electron chi connectivity index (χ1n) is 11.3. The molecule has 0 aromatic rings. The average molecular weight is 346 g/mol. The van der Waals surface area contributed by atoms with Crippen LogP contribution in [0.5, 0.6) is 0 Å². The predicted octanol–water partition coefficient (Wildman–Crippen LogP) is 9.13. The predicted molar refractivity (Wildman–Crippen MR) is 116 cm³/mol. The highest BCUT2D eigenvalue weighted by atomic mass is 14.0. The van der Waals surface area contributed by atoms with E-state index < -0.39 is 0 Å². The third-order valence-corrected chi connectivity index (χ3v) is 4.94. The van der Waals surface area contributed by atoms with E-state index >= 15 is 0 Å². The Morgan fingerprint density at radius 3 is 1.28 bits per heavy atom. The van der Waals surface area contributed by atoms with Crippen LogP contribution in [0, 0.1) is 6.58 Å². The molecule has 0 saturated heterocycles. The molecule has 0 nitrogen and oxygen atoms in total. The molecule has 1 radical (unpaired) electrons. The molecule has 0 aliphatic carbocycles. The fourth-order valence-electron chi connectivity index (χ4n) is 3.29. The van der Waals surface area contributed by atoms with Gasteiger partial charge in [-0.2, -0.15) is 0 Å². The van der Waals surface area contributed by atoms with Gasteiger partial charge in [-0.1, -0.05) is 147 Å². The number of rotatable bonds is 20. The van der Waals surface area contributed by atoms with Gasteiger partial charge < -0.3 is 0 Å². The van der Waals surface area contributed by atoms with E-state index in [9.17, 15) is 0 Å². The second-order valence-electron chi connectivity index (χ2n) is 7.45. The molecule has 0 aliphatic heterocycles. The summed E-state index contributed by atoms with van der Waals surface area (Å²) in [6, 6.07) is 0. The van der Waals surface area contributed by atoms with Crippen molar-refractivity contribution in [2.24, 2.45) is 0 Å². The van der Waals surface area contributed by atoms with Crippen LogP contribution in [0.2, 0.25) is 0 Å². The lowest BCUT2D eigenvalue weighted by Gasteiger charge is -2.03. The van der Waals surface area contributed by atoms with Gasteiger partial charge in [0.25, 0.3) is 0 Å². The third-order valence-electron chi connectivity index (χ3n) is 4.94. The highest BCUT2D eigenvalue weighted by molar-refractivity contribution is 5.07. The molecular formula is C25H45. The molecule has 0 spiro atoms. The summed E-state index contributed by atoms with van der Waals surface area (Å²) >= 11 is 0. The first-order chi connectivity index (χ1) is 12.4. The van der Waals surface area contributed by atoms with Gasteiger partial charge in [0.1, 0.15) is 0 Å². The summed E-state index contributed by atoms with van der Waals surface area (Å²) in [6.45, 7) is 7.56. The van der Waals surface area contributed by atoms with Crippen molar-refractivity contribution in [3.05, 3.63) is 37.0 Å². The molecular weight excluding hydrogens is 300 g/mol. The maximum absolute atomic E-state index is 5.27. The number of unbranched alkanes of at least 4 members (excludes halogenated alkanes) is 17. The fraction of sp³-hybridized carbons (Fsp3) is 0.760. The first kappa shape index (κ1) is 24.2. The summed E-state index contributed by atoms with van der Waals surface area (Å²) in [5, 5.41) is 0. The Kier molecular flexibility index (Phi) is 22.5. The monoisotopic (exact) mass is 345 g/mol. The topological polar surface area (TPSA) is 0 Å². The lowest BCUT2D eigenvalue weighted by Crippen LogP contribution is -1.83. The third kappa shape index (κ3) is 23.2. The van der Waals surface area contributed by atoms with Gasteiger partial charge in [0.05, 0.1) is 0 Å². The lowest BCUT2D eigenvalue weighted by molar-refractivity contribution is 0.527. The van der Waals surface area contributed by atoms with E-state index in [2.05, 4.69) is 19.1 Å². The van der Waals surface area contributed by atoms with E-state index in [0.717, 1.165) is 0 Å². The summed E-state index contributed by atoms with van der Waals surface area (Å²) in [6.07, 6.45) is 35.4. The van der Waals surface area contributed by atoms with Crippen molar-refractivity contribution < 1.29 is 0 Å². The van der Waals surface area contributed by atoms with E-state index in [-0.39, 0.29) is 0 Å². The maximum atomic E-state index is 5.27. The van der Waals surface area contributed by atoms with Crippen LogP contribution in [0.25, 0.3) is 0 Å². The molecule has 0 N–H and O–H groups in total. The van der Waals surface area contributed by atoms with Gasteiger partial charge in [-0.3, -0.25) is 0 Å².